The van der Waals surface area contributed by atoms with Gasteiger partial charge in [-0.25, -0.2) is 0 Å². The fourth-order valence-electron chi connectivity index (χ4n) is 2.78. The SMILES string of the molecule is Cc1ccc(N=Cc2cc(C)n(-c3ccc(C)cc3)c2C)cc1. The lowest BCUT2D eigenvalue weighted by Gasteiger charge is -2.09. The van der Waals surface area contributed by atoms with Crippen molar-refractivity contribution in [2.75, 3.05) is 0 Å². The molecule has 0 radical (unpaired) electrons. The topological polar surface area (TPSA) is 17.3 Å². The fourth-order valence-corrected chi connectivity index (χ4v) is 2.78. The van der Waals surface area contributed by atoms with Crippen molar-refractivity contribution in [3.05, 3.63) is 82.7 Å². The van der Waals surface area contributed by atoms with E-state index in [2.05, 4.69) is 79.7 Å². The van der Waals surface area contributed by atoms with Crippen LogP contribution in [0.3, 0.4) is 0 Å². The fraction of sp³-hybridized carbons (Fsp3) is 0.190. The Kier molecular flexibility index (Phi) is 4.16. The molecule has 0 aliphatic heterocycles. The molecule has 3 rings (SSSR count). The van der Waals surface area contributed by atoms with Gasteiger partial charge in [0.05, 0.1) is 5.69 Å². The third-order valence-electron chi connectivity index (χ3n) is 4.15. The molecule has 0 fully saturated rings. The Morgan fingerprint density at radius 3 is 1.96 bits per heavy atom. The predicted octanol–water partition coefficient (Wildman–Crippen LogP) is 5.46. The number of aromatic nitrogens is 1. The van der Waals surface area contributed by atoms with E-state index >= 15 is 0 Å². The van der Waals surface area contributed by atoms with E-state index in [1.165, 1.54) is 28.2 Å². The van der Waals surface area contributed by atoms with E-state index in [1.54, 1.807) is 0 Å². The van der Waals surface area contributed by atoms with Crippen molar-refractivity contribution in [3.63, 3.8) is 0 Å². The molecule has 0 aliphatic carbocycles. The minimum atomic E-state index is 0.982. The van der Waals surface area contributed by atoms with E-state index in [-0.39, 0.29) is 0 Å². The van der Waals surface area contributed by atoms with Gasteiger partial charge in [0.15, 0.2) is 0 Å². The van der Waals surface area contributed by atoms with Crippen LogP contribution in [0.4, 0.5) is 5.69 Å². The van der Waals surface area contributed by atoms with Gasteiger partial charge in [-0.2, -0.15) is 0 Å². The molecule has 2 heteroatoms. The maximum Gasteiger partial charge on any atom is 0.0630 e. The van der Waals surface area contributed by atoms with Gasteiger partial charge < -0.3 is 4.57 Å². The summed E-state index contributed by atoms with van der Waals surface area (Å²) in [5, 5.41) is 0. The van der Waals surface area contributed by atoms with Crippen molar-refractivity contribution >= 4 is 11.9 Å². The van der Waals surface area contributed by atoms with Crippen LogP contribution >= 0.6 is 0 Å². The molecule has 0 saturated carbocycles. The van der Waals surface area contributed by atoms with E-state index < -0.39 is 0 Å². The second kappa shape index (κ2) is 6.25. The van der Waals surface area contributed by atoms with Crippen molar-refractivity contribution in [1.29, 1.82) is 0 Å². The first-order valence-corrected chi connectivity index (χ1v) is 7.91. The highest BCUT2D eigenvalue weighted by Crippen LogP contribution is 2.21. The van der Waals surface area contributed by atoms with Gasteiger partial charge in [-0.05, 0) is 58.0 Å². The zero-order chi connectivity index (χ0) is 16.4. The van der Waals surface area contributed by atoms with E-state index in [9.17, 15) is 0 Å². The van der Waals surface area contributed by atoms with Crippen LogP contribution in [0.25, 0.3) is 5.69 Å². The zero-order valence-corrected chi connectivity index (χ0v) is 14.2. The van der Waals surface area contributed by atoms with Gasteiger partial charge in [-0.15, -0.1) is 0 Å². The average Bonchev–Trinajstić information content (AvgIpc) is 2.82. The first-order valence-electron chi connectivity index (χ1n) is 7.91. The third kappa shape index (κ3) is 3.26. The van der Waals surface area contributed by atoms with Crippen molar-refractivity contribution < 1.29 is 0 Å². The lowest BCUT2D eigenvalue weighted by molar-refractivity contribution is 0.964. The van der Waals surface area contributed by atoms with Crippen LogP contribution in [0, 0.1) is 27.7 Å². The normalized spacial score (nSPS) is 11.3. The minimum absolute atomic E-state index is 0.982. The van der Waals surface area contributed by atoms with Crippen LogP contribution in [0.1, 0.15) is 28.1 Å². The average molecular weight is 302 g/mol. The Balaban J connectivity index is 1.94. The van der Waals surface area contributed by atoms with E-state index in [0.717, 1.165) is 11.3 Å². The van der Waals surface area contributed by atoms with Crippen molar-refractivity contribution in [3.8, 4) is 5.69 Å². The summed E-state index contributed by atoms with van der Waals surface area (Å²) in [6.07, 6.45) is 1.96. The summed E-state index contributed by atoms with van der Waals surface area (Å²) in [5.41, 5.74) is 8.29. The summed E-state index contributed by atoms with van der Waals surface area (Å²) >= 11 is 0. The smallest absolute Gasteiger partial charge is 0.0630 e. The Hall–Kier alpha value is -2.61. The molecule has 0 bridgehead atoms. The molecule has 0 aliphatic rings. The van der Waals surface area contributed by atoms with Gasteiger partial charge >= 0.3 is 0 Å². The number of aliphatic imine (C=N–C) groups is 1. The third-order valence-corrected chi connectivity index (χ3v) is 4.15. The van der Waals surface area contributed by atoms with Crippen molar-refractivity contribution in [2.24, 2.45) is 4.99 Å². The van der Waals surface area contributed by atoms with Crippen LogP contribution in [-0.4, -0.2) is 10.8 Å². The molecule has 116 valence electrons. The molecular formula is C21H22N2. The minimum Gasteiger partial charge on any atom is -0.318 e. The van der Waals surface area contributed by atoms with Gasteiger partial charge in [0, 0.05) is 28.9 Å². The Morgan fingerprint density at radius 1 is 0.783 bits per heavy atom. The number of hydrogen-bond acceptors (Lipinski definition) is 1. The van der Waals surface area contributed by atoms with Gasteiger partial charge in [-0.1, -0.05) is 35.4 Å². The molecule has 1 heterocycles. The Morgan fingerprint density at radius 2 is 1.35 bits per heavy atom. The van der Waals surface area contributed by atoms with E-state index in [1.807, 2.05) is 18.3 Å². The van der Waals surface area contributed by atoms with Gasteiger partial charge in [-0.3, -0.25) is 4.99 Å². The molecule has 2 aromatic carbocycles. The zero-order valence-electron chi connectivity index (χ0n) is 14.2. The molecule has 0 saturated heterocycles. The van der Waals surface area contributed by atoms with Crippen LogP contribution in [0.2, 0.25) is 0 Å². The summed E-state index contributed by atoms with van der Waals surface area (Å²) in [5.74, 6) is 0. The first kappa shape index (κ1) is 15.3. The summed E-state index contributed by atoms with van der Waals surface area (Å²) in [6.45, 7) is 8.47. The molecule has 3 aromatic rings. The lowest BCUT2D eigenvalue weighted by Crippen LogP contribution is -1.99. The molecular weight excluding hydrogens is 280 g/mol. The van der Waals surface area contributed by atoms with E-state index in [0.29, 0.717) is 0 Å². The van der Waals surface area contributed by atoms with Crippen molar-refractivity contribution in [1.82, 2.24) is 4.57 Å². The highest BCUT2D eigenvalue weighted by atomic mass is 15.0. The van der Waals surface area contributed by atoms with Crippen LogP contribution in [0.15, 0.2) is 59.6 Å². The largest absolute Gasteiger partial charge is 0.318 e. The van der Waals surface area contributed by atoms with E-state index in [4.69, 9.17) is 0 Å². The Bertz CT molecular complexity index is 835. The van der Waals surface area contributed by atoms with Crippen molar-refractivity contribution in [2.45, 2.75) is 27.7 Å². The molecule has 2 nitrogen and oxygen atoms in total. The van der Waals surface area contributed by atoms with Crippen LogP contribution in [0.5, 0.6) is 0 Å². The van der Waals surface area contributed by atoms with Crippen LogP contribution in [-0.2, 0) is 0 Å². The quantitative estimate of drug-likeness (QED) is 0.571. The first-order chi connectivity index (χ1) is 11.0. The number of benzene rings is 2. The standard InChI is InChI=1S/C21H22N2/c1-15-5-9-20(10-6-15)22-14-19-13-17(3)23(18(19)4)21-11-7-16(2)8-12-21/h5-14H,1-4H3. The lowest BCUT2D eigenvalue weighted by atomic mass is 10.2. The summed E-state index contributed by atoms with van der Waals surface area (Å²) in [7, 11) is 0. The second-order valence-electron chi connectivity index (χ2n) is 6.09. The summed E-state index contributed by atoms with van der Waals surface area (Å²) in [4.78, 5) is 4.60. The Labute approximate surface area is 138 Å². The molecule has 0 unspecified atom stereocenters. The van der Waals surface area contributed by atoms with Gasteiger partial charge in [0.25, 0.3) is 0 Å². The van der Waals surface area contributed by atoms with Crippen LogP contribution < -0.4 is 0 Å². The number of rotatable bonds is 3. The highest BCUT2D eigenvalue weighted by molar-refractivity contribution is 5.84. The summed E-state index contributed by atoms with van der Waals surface area (Å²) < 4.78 is 2.27. The molecule has 0 amide bonds. The number of nitrogens with zero attached hydrogens (tertiary/aromatic N) is 2. The number of aryl methyl sites for hydroxylation is 3. The highest BCUT2D eigenvalue weighted by Gasteiger charge is 2.09. The molecule has 23 heavy (non-hydrogen) atoms. The predicted molar refractivity (Wildman–Crippen MR) is 98.4 cm³/mol. The monoisotopic (exact) mass is 302 g/mol. The second-order valence-corrected chi connectivity index (χ2v) is 6.09. The molecule has 1 aromatic heterocycles. The number of hydrogen-bond donors (Lipinski definition) is 0. The molecule has 0 spiro atoms. The maximum absolute atomic E-state index is 4.60. The van der Waals surface area contributed by atoms with Gasteiger partial charge in [0.1, 0.15) is 0 Å². The molecule has 0 N–H and O–H groups in total. The summed E-state index contributed by atoms with van der Waals surface area (Å²) in [6, 6.07) is 19.1. The molecule has 0 atom stereocenters. The van der Waals surface area contributed by atoms with Gasteiger partial charge in [0.2, 0.25) is 0 Å². The maximum atomic E-state index is 4.60.